The minimum absolute atomic E-state index is 0.140. The predicted molar refractivity (Wildman–Crippen MR) is 71.4 cm³/mol. The van der Waals surface area contributed by atoms with E-state index < -0.39 is 0 Å². The molecule has 94 valence electrons. The van der Waals surface area contributed by atoms with Crippen molar-refractivity contribution in [2.24, 2.45) is 7.05 Å². The van der Waals surface area contributed by atoms with Gasteiger partial charge in [-0.3, -0.25) is 9.48 Å². The molecule has 6 heteroatoms. The number of hydrogen-bond donors (Lipinski definition) is 0. The highest BCUT2D eigenvalue weighted by molar-refractivity contribution is 9.10. The lowest BCUT2D eigenvalue weighted by Gasteiger charge is -2.21. The molecule has 1 aromatic rings. The molecule has 0 aromatic carbocycles. The Morgan fingerprint density at radius 2 is 2.47 bits per heavy atom. The van der Waals surface area contributed by atoms with Crippen molar-refractivity contribution in [2.75, 3.05) is 18.1 Å². The molecule has 0 N–H and O–H groups in total. The molecule has 0 saturated carbocycles. The molecule has 1 saturated heterocycles. The third kappa shape index (κ3) is 2.92. The monoisotopic (exact) mass is 318 g/mol. The van der Waals surface area contributed by atoms with Crippen LogP contribution in [-0.2, 0) is 23.0 Å². The van der Waals surface area contributed by atoms with Gasteiger partial charge in [0.25, 0.3) is 0 Å². The van der Waals surface area contributed by atoms with Crippen molar-refractivity contribution in [3.8, 4) is 0 Å². The molecule has 1 aliphatic heterocycles. The van der Waals surface area contributed by atoms with Crippen LogP contribution in [-0.4, -0.2) is 39.8 Å². The zero-order valence-electron chi connectivity index (χ0n) is 9.90. The zero-order valence-corrected chi connectivity index (χ0v) is 12.3. The summed E-state index contributed by atoms with van der Waals surface area (Å²) in [5.41, 5.74) is 1.83. The first-order chi connectivity index (χ1) is 8.09. The first-order valence-corrected chi connectivity index (χ1v) is 7.44. The quantitative estimate of drug-likeness (QED) is 0.851. The number of ketones is 1. The highest BCUT2D eigenvalue weighted by Gasteiger charge is 2.24. The van der Waals surface area contributed by atoms with Gasteiger partial charge in [-0.25, -0.2) is 0 Å². The van der Waals surface area contributed by atoms with E-state index in [0.717, 1.165) is 27.4 Å². The molecule has 1 atom stereocenters. The molecule has 2 heterocycles. The van der Waals surface area contributed by atoms with E-state index in [-0.39, 0.29) is 11.9 Å². The highest BCUT2D eigenvalue weighted by atomic mass is 79.9. The zero-order chi connectivity index (χ0) is 12.4. The van der Waals surface area contributed by atoms with Gasteiger partial charge in [-0.1, -0.05) is 0 Å². The largest absolute Gasteiger partial charge is 0.369 e. The first kappa shape index (κ1) is 13.1. The summed E-state index contributed by atoms with van der Waals surface area (Å²) in [7, 11) is 1.86. The van der Waals surface area contributed by atoms with E-state index in [1.165, 1.54) is 0 Å². The molecular formula is C11H15BrN2O2S. The maximum atomic E-state index is 12.1. The average Bonchev–Trinajstić information content (AvgIpc) is 2.57. The number of carbonyl (C=O) groups excluding carboxylic acids is 1. The fourth-order valence-electron chi connectivity index (χ4n) is 1.82. The predicted octanol–water partition coefficient (Wildman–Crippen LogP) is 1.73. The van der Waals surface area contributed by atoms with Crippen LogP contribution in [0.25, 0.3) is 0 Å². The lowest BCUT2D eigenvalue weighted by molar-refractivity contribution is -0.128. The van der Waals surface area contributed by atoms with Gasteiger partial charge in [0.05, 0.1) is 28.9 Å². The summed E-state index contributed by atoms with van der Waals surface area (Å²) in [5, 5.41) is 4.28. The van der Waals surface area contributed by atoms with E-state index in [0.29, 0.717) is 13.0 Å². The van der Waals surface area contributed by atoms with Gasteiger partial charge in [0.2, 0.25) is 0 Å². The third-order valence-electron chi connectivity index (χ3n) is 2.78. The number of carbonyl (C=O) groups is 1. The Bertz CT molecular complexity index is 427. The lowest BCUT2D eigenvalue weighted by Crippen LogP contribution is -2.33. The number of nitrogens with zero attached hydrogens (tertiary/aromatic N) is 2. The van der Waals surface area contributed by atoms with Crippen LogP contribution in [0.4, 0.5) is 0 Å². The van der Waals surface area contributed by atoms with Crippen molar-refractivity contribution >= 4 is 33.5 Å². The molecule has 1 unspecified atom stereocenters. The Labute approximate surface area is 113 Å². The fourth-order valence-corrected chi connectivity index (χ4v) is 3.18. The molecule has 1 aromatic heterocycles. The average molecular weight is 319 g/mol. The Kier molecular flexibility index (Phi) is 4.27. The van der Waals surface area contributed by atoms with Crippen LogP contribution in [0, 0.1) is 6.92 Å². The van der Waals surface area contributed by atoms with Crippen molar-refractivity contribution in [1.82, 2.24) is 9.78 Å². The summed E-state index contributed by atoms with van der Waals surface area (Å²) < 4.78 is 8.17. The maximum absolute atomic E-state index is 12.1. The number of aryl methyl sites for hydroxylation is 2. The number of halogens is 1. The van der Waals surface area contributed by atoms with E-state index in [2.05, 4.69) is 21.0 Å². The SMILES string of the molecule is Cc1nn(C)c(CC(=O)C2CSCCO2)c1Br. The van der Waals surface area contributed by atoms with Gasteiger partial charge in [-0.15, -0.1) is 0 Å². The van der Waals surface area contributed by atoms with Gasteiger partial charge in [-0.05, 0) is 22.9 Å². The third-order valence-corrected chi connectivity index (χ3v) is 4.80. The van der Waals surface area contributed by atoms with Crippen LogP contribution in [0.15, 0.2) is 4.47 Å². The van der Waals surface area contributed by atoms with Crippen LogP contribution >= 0.6 is 27.7 Å². The normalized spacial score (nSPS) is 20.5. The van der Waals surface area contributed by atoms with E-state index in [1.807, 2.05) is 14.0 Å². The smallest absolute Gasteiger partial charge is 0.168 e. The minimum Gasteiger partial charge on any atom is -0.369 e. The van der Waals surface area contributed by atoms with Gasteiger partial charge in [0, 0.05) is 18.6 Å². The second-order valence-electron chi connectivity index (χ2n) is 4.05. The summed E-state index contributed by atoms with van der Waals surface area (Å²) in [4.78, 5) is 12.1. The Morgan fingerprint density at radius 1 is 1.71 bits per heavy atom. The van der Waals surface area contributed by atoms with Crippen LogP contribution in [0.5, 0.6) is 0 Å². The van der Waals surface area contributed by atoms with Gasteiger partial charge in [0.1, 0.15) is 6.10 Å². The molecule has 1 aliphatic rings. The number of hydrogen-bond acceptors (Lipinski definition) is 4. The van der Waals surface area contributed by atoms with Gasteiger partial charge >= 0.3 is 0 Å². The summed E-state index contributed by atoms with van der Waals surface area (Å²) in [6.07, 6.45) is 0.124. The molecule has 0 radical (unpaired) electrons. The van der Waals surface area contributed by atoms with Crippen molar-refractivity contribution in [3.05, 3.63) is 15.9 Å². The Hall–Kier alpha value is -0.330. The summed E-state index contributed by atoms with van der Waals surface area (Å²) in [6.45, 7) is 2.59. The number of ether oxygens (including phenoxy) is 1. The van der Waals surface area contributed by atoms with Crippen molar-refractivity contribution < 1.29 is 9.53 Å². The molecule has 1 fully saturated rings. The van der Waals surface area contributed by atoms with E-state index in [4.69, 9.17) is 4.74 Å². The van der Waals surface area contributed by atoms with Crippen molar-refractivity contribution in [1.29, 1.82) is 0 Å². The van der Waals surface area contributed by atoms with Gasteiger partial charge in [-0.2, -0.15) is 16.9 Å². The van der Waals surface area contributed by atoms with Gasteiger partial charge in [0.15, 0.2) is 5.78 Å². The molecule has 2 rings (SSSR count). The van der Waals surface area contributed by atoms with Crippen LogP contribution in [0.3, 0.4) is 0 Å². The topological polar surface area (TPSA) is 44.1 Å². The van der Waals surface area contributed by atoms with Crippen molar-refractivity contribution in [2.45, 2.75) is 19.4 Å². The molecule has 0 bridgehead atoms. The number of thioether (sulfide) groups is 1. The molecule has 0 spiro atoms. The number of aromatic nitrogens is 2. The lowest BCUT2D eigenvalue weighted by atomic mass is 10.1. The summed E-state index contributed by atoms with van der Waals surface area (Å²) in [6, 6.07) is 0. The van der Waals surface area contributed by atoms with E-state index in [1.54, 1.807) is 16.4 Å². The second-order valence-corrected chi connectivity index (χ2v) is 5.99. The van der Waals surface area contributed by atoms with Gasteiger partial charge < -0.3 is 4.74 Å². The summed E-state index contributed by atoms with van der Waals surface area (Å²) >= 11 is 5.25. The maximum Gasteiger partial charge on any atom is 0.168 e. The molecular weight excluding hydrogens is 304 g/mol. The minimum atomic E-state index is -0.254. The Morgan fingerprint density at radius 3 is 3.00 bits per heavy atom. The highest BCUT2D eigenvalue weighted by Crippen LogP contribution is 2.22. The Balaban J connectivity index is 2.07. The molecule has 0 aliphatic carbocycles. The fraction of sp³-hybridized carbons (Fsp3) is 0.636. The van der Waals surface area contributed by atoms with E-state index in [9.17, 15) is 4.79 Å². The second kappa shape index (κ2) is 5.54. The molecule has 0 amide bonds. The standard InChI is InChI=1S/C11H15BrN2O2S/c1-7-11(12)8(14(2)13-7)5-9(15)10-6-17-4-3-16-10/h10H,3-6H2,1-2H3. The van der Waals surface area contributed by atoms with Crippen LogP contribution < -0.4 is 0 Å². The molecule has 17 heavy (non-hydrogen) atoms. The number of Topliss-reactive ketones (excluding diaryl/α,β-unsaturated/α-hetero) is 1. The van der Waals surface area contributed by atoms with Crippen LogP contribution in [0.1, 0.15) is 11.4 Å². The molecule has 4 nitrogen and oxygen atoms in total. The summed E-state index contributed by atoms with van der Waals surface area (Å²) in [5.74, 6) is 1.90. The van der Waals surface area contributed by atoms with Crippen molar-refractivity contribution in [3.63, 3.8) is 0 Å². The first-order valence-electron chi connectivity index (χ1n) is 5.49. The number of rotatable bonds is 3. The van der Waals surface area contributed by atoms with Crippen LogP contribution in [0.2, 0.25) is 0 Å². The van der Waals surface area contributed by atoms with E-state index >= 15 is 0 Å².